The van der Waals surface area contributed by atoms with Crippen molar-refractivity contribution >= 4 is 11.0 Å². The van der Waals surface area contributed by atoms with E-state index in [1.165, 1.54) is 5.56 Å². The van der Waals surface area contributed by atoms with E-state index in [2.05, 4.69) is 45.9 Å². The smallest absolute Gasteiger partial charge is 0.134 e. The molecule has 0 radical (unpaired) electrons. The Morgan fingerprint density at radius 2 is 1.94 bits per heavy atom. The number of nitrogens with two attached hydrogens (primary N) is 1. The molecule has 1 aromatic heterocycles. The van der Waals surface area contributed by atoms with Crippen molar-refractivity contribution in [1.82, 2.24) is 0 Å². The van der Waals surface area contributed by atoms with Crippen molar-refractivity contribution in [2.24, 2.45) is 11.1 Å². The van der Waals surface area contributed by atoms with Crippen molar-refractivity contribution in [1.29, 1.82) is 0 Å². The van der Waals surface area contributed by atoms with Gasteiger partial charge in [-0.25, -0.2) is 0 Å². The number of aryl methyl sites for hydroxylation is 1. The van der Waals surface area contributed by atoms with E-state index in [9.17, 15) is 0 Å². The minimum absolute atomic E-state index is 0.0253. The molecule has 2 aromatic rings. The van der Waals surface area contributed by atoms with E-state index in [-0.39, 0.29) is 11.5 Å². The van der Waals surface area contributed by atoms with Gasteiger partial charge < -0.3 is 10.2 Å². The topological polar surface area (TPSA) is 39.2 Å². The molecule has 0 bridgehead atoms. The van der Waals surface area contributed by atoms with E-state index in [4.69, 9.17) is 10.2 Å². The summed E-state index contributed by atoms with van der Waals surface area (Å²) >= 11 is 0. The Morgan fingerprint density at radius 1 is 1.24 bits per heavy atom. The molecule has 1 unspecified atom stereocenters. The Balaban J connectivity index is 2.30. The maximum absolute atomic E-state index is 6.19. The summed E-state index contributed by atoms with van der Waals surface area (Å²) in [6.45, 7) is 8.67. The fourth-order valence-corrected chi connectivity index (χ4v) is 2.13. The van der Waals surface area contributed by atoms with Crippen LogP contribution in [0.15, 0.2) is 28.7 Å². The molecule has 1 heterocycles. The third-order valence-corrected chi connectivity index (χ3v) is 2.89. The number of rotatable bonds is 2. The van der Waals surface area contributed by atoms with Crippen LogP contribution in [0.3, 0.4) is 0 Å². The minimum Gasteiger partial charge on any atom is -0.459 e. The molecule has 0 saturated heterocycles. The third kappa shape index (κ3) is 2.89. The monoisotopic (exact) mass is 231 g/mol. The highest BCUT2D eigenvalue weighted by Gasteiger charge is 2.19. The van der Waals surface area contributed by atoms with Crippen LogP contribution in [0.2, 0.25) is 0 Å². The molecule has 2 rings (SSSR count). The van der Waals surface area contributed by atoms with Crippen molar-refractivity contribution in [3.8, 4) is 0 Å². The predicted molar refractivity (Wildman–Crippen MR) is 72.0 cm³/mol. The Labute approximate surface area is 103 Å². The van der Waals surface area contributed by atoms with Crippen LogP contribution < -0.4 is 5.73 Å². The summed E-state index contributed by atoms with van der Waals surface area (Å²) in [6.07, 6.45) is 0.922. The van der Waals surface area contributed by atoms with Crippen LogP contribution in [0.4, 0.5) is 0 Å². The molecule has 2 N–H and O–H groups in total. The fraction of sp³-hybridized carbons (Fsp3) is 0.467. The van der Waals surface area contributed by atoms with Crippen LogP contribution in [0, 0.1) is 12.3 Å². The number of hydrogen-bond acceptors (Lipinski definition) is 2. The number of benzene rings is 1. The summed E-state index contributed by atoms with van der Waals surface area (Å²) < 4.78 is 5.81. The highest BCUT2D eigenvalue weighted by atomic mass is 16.3. The summed E-state index contributed by atoms with van der Waals surface area (Å²) in [5.74, 6) is 0.889. The second-order valence-corrected chi connectivity index (χ2v) is 6.06. The van der Waals surface area contributed by atoms with Gasteiger partial charge in [-0.3, -0.25) is 0 Å². The summed E-state index contributed by atoms with van der Waals surface area (Å²) in [5, 5.41) is 1.14. The largest absolute Gasteiger partial charge is 0.459 e. The zero-order valence-corrected chi connectivity index (χ0v) is 11.1. The average molecular weight is 231 g/mol. The minimum atomic E-state index is -0.0253. The van der Waals surface area contributed by atoms with Gasteiger partial charge in [0.2, 0.25) is 0 Å². The second-order valence-electron chi connectivity index (χ2n) is 6.06. The lowest BCUT2D eigenvalue weighted by atomic mass is 9.87. The van der Waals surface area contributed by atoms with E-state index >= 15 is 0 Å². The van der Waals surface area contributed by atoms with Gasteiger partial charge in [0.25, 0.3) is 0 Å². The molecule has 0 aliphatic rings. The van der Waals surface area contributed by atoms with Gasteiger partial charge in [-0.2, -0.15) is 0 Å². The van der Waals surface area contributed by atoms with Gasteiger partial charge >= 0.3 is 0 Å². The SMILES string of the molecule is Cc1ccc2oc(C(N)CC(C)(C)C)cc2c1. The van der Waals surface area contributed by atoms with Gasteiger partial charge in [0, 0.05) is 5.39 Å². The van der Waals surface area contributed by atoms with Gasteiger partial charge in [0.1, 0.15) is 11.3 Å². The van der Waals surface area contributed by atoms with Crippen molar-refractivity contribution in [2.45, 2.75) is 40.2 Å². The molecule has 17 heavy (non-hydrogen) atoms. The zero-order chi connectivity index (χ0) is 12.6. The molecule has 92 valence electrons. The van der Waals surface area contributed by atoms with Crippen molar-refractivity contribution in [3.63, 3.8) is 0 Å². The van der Waals surface area contributed by atoms with Crippen LogP contribution in [0.5, 0.6) is 0 Å². The van der Waals surface area contributed by atoms with Crippen LogP contribution in [0.1, 0.15) is 44.6 Å². The first kappa shape index (κ1) is 12.2. The molecule has 0 aliphatic heterocycles. The number of furan rings is 1. The van der Waals surface area contributed by atoms with Gasteiger partial charge in [0.05, 0.1) is 6.04 Å². The fourth-order valence-electron chi connectivity index (χ4n) is 2.13. The first-order valence-corrected chi connectivity index (χ1v) is 6.11. The molecule has 1 atom stereocenters. The average Bonchev–Trinajstić information content (AvgIpc) is 2.57. The Morgan fingerprint density at radius 3 is 2.59 bits per heavy atom. The molecule has 2 nitrogen and oxygen atoms in total. The number of hydrogen-bond donors (Lipinski definition) is 1. The van der Waals surface area contributed by atoms with Crippen molar-refractivity contribution < 1.29 is 4.42 Å². The lowest BCUT2D eigenvalue weighted by Crippen LogP contribution is -2.18. The van der Waals surface area contributed by atoms with E-state index in [1.807, 2.05) is 6.07 Å². The first-order valence-electron chi connectivity index (χ1n) is 6.11. The summed E-state index contributed by atoms with van der Waals surface area (Å²) in [4.78, 5) is 0. The van der Waals surface area contributed by atoms with Crippen LogP contribution in [0.25, 0.3) is 11.0 Å². The summed E-state index contributed by atoms with van der Waals surface area (Å²) in [7, 11) is 0. The standard InChI is InChI=1S/C15H21NO/c1-10-5-6-13-11(7-10)8-14(17-13)12(16)9-15(2,3)4/h5-8,12H,9,16H2,1-4H3. The maximum Gasteiger partial charge on any atom is 0.134 e. The van der Waals surface area contributed by atoms with Crippen molar-refractivity contribution in [3.05, 3.63) is 35.6 Å². The van der Waals surface area contributed by atoms with E-state index in [1.54, 1.807) is 0 Å². The second kappa shape index (κ2) is 4.19. The lowest BCUT2D eigenvalue weighted by molar-refractivity contribution is 0.321. The Hall–Kier alpha value is -1.28. The summed E-state index contributed by atoms with van der Waals surface area (Å²) in [6, 6.07) is 8.25. The quantitative estimate of drug-likeness (QED) is 0.842. The molecule has 1 aromatic carbocycles. The summed E-state index contributed by atoms with van der Waals surface area (Å²) in [5.41, 5.74) is 8.58. The lowest BCUT2D eigenvalue weighted by Gasteiger charge is -2.21. The van der Waals surface area contributed by atoms with Crippen LogP contribution in [-0.2, 0) is 0 Å². The van der Waals surface area contributed by atoms with Gasteiger partial charge in [0.15, 0.2) is 0 Å². The maximum atomic E-state index is 6.19. The van der Waals surface area contributed by atoms with Crippen molar-refractivity contribution in [2.75, 3.05) is 0 Å². The molecule has 0 amide bonds. The first-order chi connectivity index (χ1) is 7.85. The molecule has 2 heteroatoms. The predicted octanol–water partition coefficient (Wildman–Crippen LogP) is 4.18. The highest BCUT2D eigenvalue weighted by Crippen LogP contribution is 2.31. The van der Waals surface area contributed by atoms with Gasteiger partial charge in [-0.15, -0.1) is 0 Å². The molecular weight excluding hydrogens is 210 g/mol. The van der Waals surface area contributed by atoms with Crippen LogP contribution in [-0.4, -0.2) is 0 Å². The van der Waals surface area contributed by atoms with E-state index in [0.29, 0.717) is 0 Å². The highest BCUT2D eigenvalue weighted by molar-refractivity contribution is 5.78. The molecule has 0 aliphatic carbocycles. The van der Waals surface area contributed by atoms with E-state index in [0.717, 1.165) is 23.2 Å². The van der Waals surface area contributed by atoms with Gasteiger partial charge in [-0.1, -0.05) is 32.4 Å². The Kier molecular flexibility index (Phi) is 3.00. The molecule has 0 spiro atoms. The third-order valence-electron chi connectivity index (χ3n) is 2.89. The van der Waals surface area contributed by atoms with Gasteiger partial charge in [-0.05, 0) is 37.0 Å². The Bertz CT molecular complexity index is 519. The van der Waals surface area contributed by atoms with E-state index < -0.39 is 0 Å². The molecule has 0 fully saturated rings. The molecular formula is C15H21NO. The normalized spacial score (nSPS) is 14.2. The zero-order valence-electron chi connectivity index (χ0n) is 11.1. The van der Waals surface area contributed by atoms with Crippen LogP contribution >= 0.6 is 0 Å². The number of fused-ring (bicyclic) bond motifs is 1. The molecule has 0 saturated carbocycles.